The lowest BCUT2D eigenvalue weighted by atomic mass is 10.2. The number of rotatable bonds is 11. The Kier molecular flexibility index (Phi) is 10.9. The highest BCUT2D eigenvalue weighted by Gasteiger charge is 2.23. The smallest absolute Gasteiger partial charge is 0.258 e. The van der Waals surface area contributed by atoms with Crippen LogP contribution in [0.4, 0.5) is 0 Å². The molecule has 8 heteroatoms. The molecule has 0 saturated heterocycles. The number of aliphatic imine (C=N–C) groups is 1. The summed E-state index contributed by atoms with van der Waals surface area (Å²) in [5, 5.41) is 9.51. The Morgan fingerprint density at radius 3 is 2.66 bits per heavy atom. The minimum atomic E-state index is -0.0759. The second-order valence-electron chi connectivity index (χ2n) is 7.26. The molecule has 3 rings (SSSR count). The summed E-state index contributed by atoms with van der Waals surface area (Å²) in [6.45, 7) is 5.33. The first-order valence-corrected chi connectivity index (χ1v) is 10.4. The fourth-order valence-electron chi connectivity index (χ4n) is 2.92. The highest BCUT2D eigenvalue weighted by molar-refractivity contribution is 14.0. The lowest BCUT2D eigenvalue weighted by Crippen LogP contribution is -2.36. The first-order valence-electron chi connectivity index (χ1n) is 10.4. The molecule has 1 fully saturated rings. The third-order valence-corrected chi connectivity index (χ3v) is 4.67. The number of halogens is 1. The monoisotopic (exact) mass is 550 g/mol. The normalized spacial score (nSPS) is 12.8. The van der Waals surface area contributed by atoms with Gasteiger partial charge < -0.3 is 25.4 Å². The molecular weight excluding hydrogens is 519 g/mol. The number of amides is 1. The van der Waals surface area contributed by atoms with Gasteiger partial charge in [0.2, 0.25) is 0 Å². The molecule has 32 heavy (non-hydrogen) atoms. The average molecular weight is 550 g/mol. The number of hydrogen-bond donors (Lipinski definition) is 3. The molecule has 0 unspecified atom stereocenters. The van der Waals surface area contributed by atoms with Gasteiger partial charge in [0, 0.05) is 31.7 Å². The third kappa shape index (κ3) is 8.78. The van der Waals surface area contributed by atoms with Crippen LogP contribution in [-0.4, -0.2) is 38.2 Å². The number of hydrogen-bond acceptors (Lipinski definition) is 4. The van der Waals surface area contributed by atoms with Crippen molar-refractivity contribution in [3.05, 3.63) is 72.3 Å². The van der Waals surface area contributed by atoms with Crippen molar-refractivity contribution in [1.82, 2.24) is 16.0 Å². The average Bonchev–Trinajstić information content (AvgIpc) is 3.61. The van der Waals surface area contributed by atoms with Crippen LogP contribution in [0.1, 0.15) is 24.0 Å². The predicted octanol–water partition coefficient (Wildman–Crippen LogP) is 3.39. The zero-order valence-corrected chi connectivity index (χ0v) is 20.6. The molecule has 1 saturated carbocycles. The highest BCUT2D eigenvalue weighted by atomic mass is 127. The summed E-state index contributed by atoms with van der Waals surface area (Å²) in [5.74, 6) is 2.09. The van der Waals surface area contributed by atoms with Crippen LogP contribution >= 0.6 is 24.0 Å². The molecule has 0 atom stereocenters. The van der Waals surface area contributed by atoms with Crippen molar-refractivity contribution >= 4 is 35.8 Å². The summed E-state index contributed by atoms with van der Waals surface area (Å²) in [6, 6.07) is 15.9. The maximum absolute atomic E-state index is 11.8. The summed E-state index contributed by atoms with van der Waals surface area (Å²) in [7, 11) is 1.73. The Morgan fingerprint density at radius 2 is 1.91 bits per heavy atom. The Balaban J connectivity index is 0.00000363. The first kappa shape index (κ1) is 25.5. The van der Waals surface area contributed by atoms with Gasteiger partial charge in [-0.2, -0.15) is 0 Å². The molecule has 1 aliphatic rings. The van der Waals surface area contributed by atoms with E-state index in [2.05, 4.69) is 27.5 Å². The fourth-order valence-corrected chi connectivity index (χ4v) is 2.92. The number of carbonyl (C=O) groups excluding carboxylic acids is 1. The molecule has 0 aromatic heterocycles. The van der Waals surface area contributed by atoms with Gasteiger partial charge in [0.05, 0.1) is 0 Å². The third-order valence-electron chi connectivity index (χ3n) is 4.67. The maximum Gasteiger partial charge on any atom is 0.258 e. The summed E-state index contributed by atoms with van der Waals surface area (Å²) >= 11 is 0. The van der Waals surface area contributed by atoms with E-state index in [0.717, 1.165) is 29.7 Å². The van der Waals surface area contributed by atoms with Gasteiger partial charge in [0.15, 0.2) is 12.6 Å². The van der Waals surface area contributed by atoms with Gasteiger partial charge in [0.1, 0.15) is 18.1 Å². The number of nitrogens with one attached hydrogen (secondary N) is 3. The van der Waals surface area contributed by atoms with Crippen molar-refractivity contribution in [2.75, 3.05) is 20.3 Å². The molecule has 0 heterocycles. The topological polar surface area (TPSA) is 84.0 Å². The Bertz CT molecular complexity index is 916. The SMILES string of the molecule is C=CCOc1ccccc1CNC(=NC)NCc1cccc(OCC(=O)NC2CC2)c1.I. The standard InChI is InChI=1S/C24H30N4O3.HI/c1-3-13-30-22-10-5-4-8-19(22)16-27-24(25-2)26-15-18-7-6-9-21(14-18)31-17-23(29)28-20-11-12-20;/h3-10,14,20H,1,11-13,15-17H2,2H3,(H,28,29)(H2,25,26,27);1H. The quantitative estimate of drug-likeness (QED) is 0.173. The number of para-hydroxylation sites is 1. The molecule has 172 valence electrons. The Hall–Kier alpha value is -2.75. The summed E-state index contributed by atoms with van der Waals surface area (Å²) < 4.78 is 11.3. The van der Waals surface area contributed by atoms with Crippen LogP contribution in [0.25, 0.3) is 0 Å². The van der Waals surface area contributed by atoms with E-state index >= 15 is 0 Å². The van der Waals surface area contributed by atoms with Gasteiger partial charge in [0.25, 0.3) is 5.91 Å². The predicted molar refractivity (Wildman–Crippen MR) is 138 cm³/mol. The molecule has 3 N–H and O–H groups in total. The molecule has 1 amide bonds. The zero-order valence-electron chi connectivity index (χ0n) is 18.3. The zero-order chi connectivity index (χ0) is 21.9. The summed E-state index contributed by atoms with van der Waals surface area (Å²) in [5.41, 5.74) is 2.06. The minimum Gasteiger partial charge on any atom is -0.489 e. The van der Waals surface area contributed by atoms with E-state index in [0.29, 0.717) is 37.4 Å². The number of nitrogens with zero attached hydrogens (tertiary/aromatic N) is 1. The lowest BCUT2D eigenvalue weighted by Gasteiger charge is -2.15. The molecule has 0 bridgehead atoms. The van der Waals surface area contributed by atoms with Crippen molar-refractivity contribution in [3.8, 4) is 11.5 Å². The van der Waals surface area contributed by atoms with Gasteiger partial charge in [-0.25, -0.2) is 0 Å². The van der Waals surface area contributed by atoms with E-state index in [1.165, 1.54) is 0 Å². The van der Waals surface area contributed by atoms with E-state index in [1.807, 2.05) is 48.5 Å². The molecule has 0 radical (unpaired) electrons. The Morgan fingerprint density at radius 1 is 1.12 bits per heavy atom. The van der Waals surface area contributed by atoms with Crippen LogP contribution < -0.4 is 25.4 Å². The number of carbonyl (C=O) groups is 1. The van der Waals surface area contributed by atoms with Gasteiger partial charge in [-0.05, 0) is 36.6 Å². The number of guanidine groups is 1. The molecular formula is C24H31IN4O3. The van der Waals surface area contributed by atoms with Gasteiger partial charge in [-0.15, -0.1) is 24.0 Å². The highest BCUT2D eigenvalue weighted by Crippen LogP contribution is 2.19. The molecule has 0 aliphatic heterocycles. The summed E-state index contributed by atoms with van der Waals surface area (Å²) in [6.07, 6.45) is 3.85. The summed E-state index contributed by atoms with van der Waals surface area (Å²) in [4.78, 5) is 16.1. The molecule has 2 aromatic carbocycles. The Labute approximate surface area is 206 Å². The van der Waals surface area contributed by atoms with Crippen LogP contribution in [0.15, 0.2) is 66.2 Å². The lowest BCUT2D eigenvalue weighted by molar-refractivity contribution is -0.123. The largest absolute Gasteiger partial charge is 0.489 e. The van der Waals surface area contributed by atoms with Gasteiger partial charge in [-0.1, -0.05) is 43.0 Å². The first-order chi connectivity index (χ1) is 15.2. The van der Waals surface area contributed by atoms with Crippen molar-refractivity contribution in [3.63, 3.8) is 0 Å². The molecule has 0 spiro atoms. The van der Waals surface area contributed by atoms with Crippen molar-refractivity contribution in [2.45, 2.75) is 32.0 Å². The van der Waals surface area contributed by atoms with E-state index in [9.17, 15) is 4.79 Å². The van der Waals surface area contributed by atoms with Gasteiger partial charge >= 0.3 is 0 Å². The van der Waals surface area contributed by atoms with Crippen LogP contribution in [-0.2, 0) is 17.9 Å². The van der Waals surface area contributed by atoms with Crippen molar-refractivity contribution in [2.24, 2.45) is 4.99 Å². The van der Waals surface area contributed by atoms with Crippen molar-refractivity contribution < 1.29 is 14.3 Å². The fraction of sp³-hybridized carbons (Fsp3) is 0.333. The molecule has 7 nitrogen and oxygen atoms in total. The molecule has 2 aromatic rings. The van der Waals surface area contributed by atoms with Crippen LogP contribution in [0.5, 0.6) is 11.5 Å². The van der Waals surface area contributed by atoms with E-state index in [1.54, 1.807) is 13.1 Å². The number of ether oxygens (including phenoxy) is 2. The second kappa shape index (κ2) is 13.6. The van der Waals surface area contributed by atoms with Crippen LogP contribution in [0.3, 0.4) is 0 Å². The van der Waals surface area contributed by atoms with E-state index < -0.39 is 0 Å². The van der Waals surface area contributed by atoms with E-state index in [4.69, 9.17) is 9.47 Å². The minimum absolute atomic E-state index is 0. The van der Waals surface area contributed by atoms with E-state index in [-0.39, 0.29) is 36.5 Å². The van der Waals surface area contributed by atoms with Crippen LogP contribution in [0.2, 0.25) is 0 Å². The van der Waals surface area contributed by atoms with Crippen LogP contribution in [0, 0.1) is 0 Å². The number of benzene rings is 2. The van der Waals surface area contributed by atoms with Gasteiger partial charge in [-0.3, -0.25) is 9.79 Å². The maximum atomic E-state index is 11.8. The van der Waals surface area contributed by atoms with Crippen molar-refractivity contribution in [1.29, 1.82) is 0 Å². The second-order valence-corrected chi connectivity index (χ2v) is 7.26. The molecule has 1 aliphatic carbocycles.